The van der Waals surface area contributed by atoms with Gasteiger partial charge in [0.15, 0.2) is 0 Å². The molecule has 0 spiro atoms. The van der Waals surface area contributed by atoms with Gasteiger partial charge in [0.05, 0.1) is 157 Å². The number of ketones is 1. The fourth-order valence-corrected chi connectivity index (χ4v) is 11.1. The molecule has 0 radical (unpaired) electrons. The fraction of sp³-hybridized carbons (Fsp3) is 0.741. The Bertz CT molecular complexity index is 1900. The molecule has 440 valence electrons. The molecule has 5 atom stereocenters. The van der Waals surface area contributed by atoms with Crippen LogP contribution in [-0.4, -0.2) is 218 Å². The smallest absolute Gasteiger partial charge is 0.315 e. The van der Waals surface area contributed by atoms with Crippen molar-refractivity contribution in [2.45, 2.75) is 106 Å². The average molecular weight is 1120 g/mol. The van der Waals surface area contributed by atoms with Crippen LogP contribution >= 0.6 is 11.8 Å². The Morgan fingerprint density at radius 3 is 1.67 bits per heavy atom. The van der Waals surface area contributed by atoms with Crippen LogP contribution in [0.4, 0.5) is 4.79 Å². The van der Waals surface area contributed by atoms with Crippen LogP contribution in [0.15, 0.2) is 48.5 Å². The van der Waals surface area contributed by atoms with Gasteiger partial charge in [0, 0.05) is 54.8 Å². The lowest BCUT2D eigenvalue weighted by molar-refractivity contribution is -0.121. The van der Waals surface area contributed by atoms with Crippen LogP contribution in [-0.2, 0) is 68.1 Å². The summed E-state index contributed by atoms with van der Waals surface area (Å²) in [5.41, 5.74) is 4.96. The predicted octanol–water partition coefficient (Wildman–Crippen LogP) is 4.86. The first kappa shape index (κ1) is 63.9. The minimum absolute atomic E-state index is 0.0199. The van der Waals surface area contributed by atoms with Crippen molar-refractivity contribution >= 4 is 29.5 Å². The van der Waals surface area contributed by atoms with E-state index in [0.717, 1.165) is 50.1 Å². The molecule has 6 rings (SSSR count). The number of unbranched alkanes of at least 4 members (excludes halogenated alkanes) is 2. The monoisotopic (exact) mass is 1120 g/mol. The van der Waals surface area contributed by atoms with Crippen molar-refractivity contribution in [3.05, 3.63) is 59.7 Å². The van der Waals surface area contributed by atoms with Crippen LogP contribution in [0, 0.1) is 0 Å². The summed E-state index contributed by atoms with van der Waals surface area (Å²) >= 11 is 1.93. The van der Waals surface area contributed by atoms with Crippen molar-refractivity contribution in [3.8, 4) is 11.1 Å². The first-order chi connectivity index (χ1) is 38.5. The standard InChI is InChI=1S/C58H93N5O14S/c64-51(7-2-1-3-8-55-57-54(45-78-55)62-58(66)63-57)17-21-67-23-25-69-27-29-71-31-33-73-35-37-75-39-41-77-42-40-76-38-36-74-34-32-72-30-28-70-26-24-68-22-20-60-56(65)14-9-46-5-4-6-49(43-46)47-10-12-48(13-11-47)52-44-53(52)61-50-15-18-59-19-16-50/h4-6,10-13,43,50,52-55,57,59,61H,1-3,7-9,14-42,44-45H2,(H,60,65)(H2,62,63,66)/t52-,53+,54-,55-,57-/m0/s1. The summed E-state index contributed by atoms with van der Waals surface area (Å²) in [5.74, 6) is 1.87. The lowest BCUT2D eigenvalue weighted by Gasteiger charge is -2.24. The van der Waals surface area contributed by atoms with Crippen LogP contribution in [0.1, 0.15) is 81.3 Å². The number of aryl methyl sites for hydroxylation is 1. The maximum absolute atomic E-state index is 12.5. The number of thioether (sulfide) groups is 1. The third-order valence-electron chi connectivity index (χ3n) is 14.0. The Labute approximate surface area is 468 Å². The molecule has 0 aromatic heterocycles. The number of Topliss-reactive ketones (excluding diaryl/α,β-unsaturated/α-hetero) is 1. The van der Waals surface area contributed by atoms with Crippen LogP contribution < -0.4 is 26.6 Å². The first-order valence-electron chi connectivity index (χ1n) is 29.0. The number of hydrogen-bond acceptors (Lipinski definition) is 17. The number of ether oxygens (including phenoxy) is 11. The normalized spacial score (nSPS) is 19.9. The number of fused-ring (bicyclic) bond motifs is 1. The number of carbonyl (C=O) groups is 3. The van der Waals surface area contributed by atoms with Crippen LogP contribution in [0.2, 0.25) is 0 Å². The van der Waals surface area contributed by atoms with Gasteiger partial charge in [0.25, 0.3) is 0 Å². The highest BCUT2D eigenvalue weighted by Crippen LogP contribution is 2.42. The second-order valence-electron chi connectivity index (χ2n) is 20.1. The topological polar surface area (TPSA) is 213 Å². The Hall–Kier alpha value is -3.32. The summed E-state index contributed by atoms with van der Waals surface area (Å²) in [6, 6.07) is 19.3. The average Bonchev–Trinajstić information content (AvgIpc) is 4.05. The zero-order valence-corrected chi connectivity index (χ0v) is 47.2. The minimum Gasteiger partial charge on any atom is -0.379 e. The maximum Gasteiger partial charge on any atom is 0.315 e. The van der Waals surface area contributed by atoms with E-state index in [1.54, 1.807) is 0 Å². The molecule has 2 aromatic rings. The molecule has 3 aliphatic heterocycles. The molecular formula is C58H93N5O14S. The van der Waals surface area contributed by atoms with Crippen molar-refractivity contribution in [3.63, 3.8) is 0 Å². The van der Waals surface area contributed by atoms with Crippen molar-refractivity contribution in [1.29, 1.82) is 0 Å². The lowest BCUT2D eigenvalue weighted by atomic mass is 9.99. The third kappa shape index (κ3) is 27.9. The third-order valence-corrected chi connectivity index (χ3v) is 15.5. The van der Waals surface area contributed by atoms with E-state index in [-0.39, 0.29) is 29.8 Å². The largest absolute Gasteiger partial charge is 0.379 e. The Morgan fingerprint density at radius 2 is 1.10 bits per heavy atom. The highest BCUT2D eigenvalue weighted by molar-refractivity contribution is 8.00. The molecule has 1 saturated carbocycles. The van der Waals surface area contributed by atoms with E-state index in [0.29, 0.717) is 201 Å². The van der Waals surface area contributed by atoms with Crippen LogP contribution in [0.3, 0.4) is 0 Å². The molecule has 4 fully saturated rings. The molecule has 2 aromatic carbocycles. The molecule has 5 N–H and O–H groups in total. The van der Waals surface area contributed by atoms with Crippen molar-refractivity contribution in [1.82, 2.24) is 26.6 Å². The molecule has 20 heteroatoms. The molecule has 0 bridgehead atoms. The van der Waals surface area contributed by atoms with Gasteiger partial charge in [-0.3, -0.25) is 9.59 Å². The van der Waals surface area contributed by atoms with Gasteiger partial charge in [0.2, 0.25) is 5.91 Å². The molecular weight excluding hydrogens is 1020 g/mol. The number of carbonyl (C=O) groups excluding carboxylic acids is 3. The zero-order valence-electron chi connectivity index (χ0n) is 46.4. The molecule has 1 aliphatic carbocycles. The first-order valence-corrected chi connectivity index (χ1v) is 30.0. The van der Waals surface area contributed by atoms with E-state index < -0.39 is 0 Å². The zero-order chi connectivity index (χ0) is 54.3. The summed E-state index contributed by atoms with van der Waals surface area (Å²) in [4.78, 5) is 36.2. The number of nitrogens with one attached hydrogen (secondary N) is 5. The minimum atomic E-state index is -0.0433. The molecule has 0 unspecified atom stereocenters. The Kier molecular flexibility index (Phi) is 33.4. The number of benzene rings is 2. The summed E-state index contributed by atoms with van der Waals surface area (Å²) < 4.78 is 61.1. The van der Waals surface area contributed by atoms with Crippen LogP contribution in [0.25, 0.3) is 11.1 Å². The van der Waals surface area contributed by atoms with Crippen molar-refractivity contribution in [2.75, 3.05) is 171 Å². The van der Waals surface area contributed by atoms with Gasteiger partial charge in [0.1, 0.15) is 5.78 Å². The number of rotatable bonds is 49. The fourth-order valence-electron chi connectivity index (χ4n) is 9.58. The van der Waals surface area contributed by atoms with Gasteiger partial charge >= 0.3 is 6.03 Å². The summed E-state index contributed by atoms with van der Waals surface area (Å²) in [7, 11) is 0. The van der Waals surface area contributed by atoms with E-state index in [1.807, 2.05) is 11.8 Å². The summed E-state index contributed by atoms with van der Waals surface area (Å²) in [6.45, 7) is 13.1. The predicted molar refractivity (Wildman–Crippen MR) is 301 cm³/mol. The summed E-state index contributed by atoms with van der Waals surface area (Å²) in [6.07, 6.45) is 9.92. The van der Waals surface area contributed by atoms with E-state index in [9.17, 15) is 14.4 Å². The van der Waals surface area contributed by atoms with Gasteiger partial charge in [-0.2, -0.15) is 11.8 Å². The van der Waals surface area contributed by atoms with E-state index >= 15 is 0 Å². The number of piperidine rings is 1. The highest BCUT2D eigenvalue weighted by atomic mass is 32.2. The quantitative estimate of drug-likeness (QED) is 0.0442. The number of amides is 3. The second kappa shape index (κ2) is 40.8. The van der Waals surface area contributed by atoms with Gasteiger partial charge < -0.3 is 78.7 Å². The molecule has 3 heterocycles. The van der Waals surface area contributed by atoms with Crippen LogP contribution in [0.5, 0.6) is 0 Å². The second-order valence-corrected chi connectivity index (χ2v) is 21.3. The van der Waals surface area contributed by atoms with Gasteiger partial charge in [-0.15, -0.1) is 0 Å². The van der Waals surface area contributed by atoms with E-state index in [4.69, 9.17) is 52.1 Å². The lowest BCUT2D eigenvalue weighted by Crippen LogP contribution is -2.41. The van der Waals surface area contributed by atoms with Gasteiger partial charge in [-0.1, -0.05) is 61.4 Å². The number of urea groups is 1. The molecule has 19 nitrogen and oxygen atoms in total. The molecule has 4 aliphatic rings. The van der Waals surface area contributed by atoms with Gasteiger partial charge in [-0.05, 0) is 73.9 Å². The summed E-state index contributed by atoms with van der Waals surface area (Å²) in [5, 5.41) is 16.8. The maximum atomic E-state index is 12.5. The van der Waals surface area contributed by atoms with E-state index in [1.165, 1.54) is 36.0 Å². The van der Waals surface area contributed by atoms with Crippen molar-refractivity contribution in [2.24, 2.45) is 0 Å². The molecule has 3 amide bonds. The van der Waals surface area contributed by atoms with Crippen molar-refractivity contribution < 1.29 is 66.5 Å². The number of hydrogen-bond donors (Lipinski definition) is 5. The SMILES string of the molecule is O=C(CCCCC[C@@H]1SC[C@@H]2NC(=O)N[C@@H]21)CCOCCOCCOCCOCCOCCOCCOCCOCCOCCOCCOCCNC(=O)CCc1cccc(-c2ccc([C@@H]3C[C@H]3NC3CCNCC3)cc2)c1. The Balaban J connectivity index is 0.579. The molecule has 78 heavy (non-hydrogen) atoms. The molecule has 3 saturated heterocycles. The van der Waals surface area contributed by atoms with E-state index in [2.05, 4.69) is 75.1 Å². The Morgan fingerprint density at radius 1 is 0.564 bits per heavy atom. The highest BCUT2D eigenvalue weighted by Gasteiger charge is 2.42. The van der Waals surface area contributed by atoms with Gasteiger partial charge in [-0.25, -0.2) is 4.79 Å².